The van der Waals surface area contributed by atoms with E-state index in [2.05, 4.69) is 44.7 Å². The summed E-state index contributed by atoms with van der Waals surface area (Å²) >= 11 is 2.01. The van der Waals surface area contributed by atoms with Gasteiger partial charge in [-0.2, -0.15) is 0 Å². The molecule has 108 valence electrons. The van der Waals surface area contributed by atoms with Crippen LogP contribution in [0.15, 0.2) is 12.1 Å². The minimum absolute atomic E-state index is 0.305. The Hall–Kier alpha value is -0.340. The monoisotopic (exact) mass is 279 g/mol. The summed E-state index contributed by atoms with van der Waals surface area (Å²) in [6.45, 7) is 13.2. The van der Waals surface area contributed by atoms with E-state index < -0.39 is 0 Å². The Kier molecular flexibility index (Phi) is 5.08. The van der Waals surface area contributed by atoms with Crippen LogP contribution in [0.1, 0.15) is 56.7 Å². The highest BCUT2D eigenvalue weighted by molar-refractivity contribution is 7.12. The van der Waals surface area contributed by atoms with E-state index in [4.69, 9.17) is 0 Å². The zero-order valence-corrected chi connectivity index (χ0v) is 13.9. The van der Waals surface area contributed by atoms with Crippen LogP contribution < -0.4 is 0 Å². The number of rotatable bonds is 4. The van der Waals surface area contributed by atoms with Crippen molar-refractivity contribution in [3.63, 3.8) is 0 Å². The Labute approximate surface area is 123 Å². The van der Waals surface area contributed by atoms with Crippen molar-refractivity contribution >= 4 is 11.3 Å². The summed E-state index contributed by atoms with van der Waals surface area (Å²) in [5.74, 6) is 0.782. The largest absolute Gasteiger partial charge is 0.303 e. The van der Waals surface area contributed by atoms with Crippen LogP contribution in [0.3, 0.4) is 0 Å². The van der Waals surface area contributed by atoms with Crippen molar-refractivity contribution in [2.45, 2.75) is 58.8 Å². The molecule has 0 radical (unpaired) electrons. The Bertz CT molecular complexity index is 382. The first kappa shape index (κ1) is 15.1. The molecule has 0 aromatic carbocycles. The molecule has 1 aromatic rings. The van der Waals surface area contributed by atoms with Gasteiger partial charge >= 0.3 is 0 Å². The van der Waals surface area contributed by atoms with Crippen molar-refractivity contribution in [3.05, 3.63) is 21.9 Å². The van der Waals surface area contributed by atoms with Crippen molar-refractivity contribution in [2.75, 3.05) is 19.6 Å². The van der Waals surface area contributed by atoms with Crippen molar-refractivity contribution in [3.8, 4) is 0 Å². The number of thiophene rings is 1. The highest BCUT2D eigenvalue weighted by Crippen LogP contribution is 2.30. The van der Waals surface area contributed by atoms with Gasteiger partial charge in [0.2, 0.25) is 0 Å². The quantitative estimate of drug-likeness (QED) is 0.771. The molecule has 1 atom stereocenters. The number of likely N-dealkylation sites (tertiary alicyclic amines) is 1. The van der Waals surface area contributed by atoms with Gasteiger partial charge in [-0.05, 0) is 55.8 Å². The van der Waals surface area contributed by atoms with Gasteiger partial charge in [-0.15, -0.1) is 11.3 Å². The highest BCUT2D eigenvalue weighted by Gasteiger charge is 2.18. The molecular weight excluding hydrogens is 250 g/mol. The zero-order valence-electron chi connectivity index (χ0n) is 13.0. The second-order valence-electron chi connectivity index (χ2n) is 7.19. The normalized spacial score (nSPS) is 19.6. The maximum Gasteiger partial charge on any atom is 0.0102 e. The Morgan fingerprint density at radius 1 is 1.16 bits per heavy atom. The average molecular weight is 279 g/mol. The fraction of sp³-hybridized carbons (Fsp3) is 0.765. The summed E-state index contributed by atoms with van der Waals surface area (Å²) in [7, 11) is 0. The maximum absolute atomic E-state index is 2.66. The summed E-state index contributed by atoms with van der Waals surface area (Å²) in [5.41, 5.74) is 0.305. The minimum Gasteiger partial charge on any atom is -0.303 e. The van der Waals surface area contributed by atoms with Crippen LogP contribution in [-0.2, 0) is 11.8 Å². The molecule has 2 heteroatoms. The number of nitrogens with zero attached hydrogens (tertiary/aromatic N) is 1. The SMILES string of the molecule is CC(Cc1ccc(C(C)(C)C)s1)CN1CCCCC1. The molecule has 1 aliphatic rings. The molecule has 1 aromatic heterocycles. The molecular formula is C17H29NS. The van der Waals surface area contributed by atoms with Crippen LogP contribution in [-0.4, -0.2) is 24.5 Å². The Morgan fingerprint density at radius 3 is 2.42 bits per heavy atom. The van der Waals surface area contributed by atoms with E-state index in [1.54, 1.807) is 4.88 Å². The van der Waals surface area contributed by atoms with Crippen molar-refractivity contribution in [1.29, 1.82) is 0 Å². The van der Waals surface area contributed by atoms with E-state index in [0.29, 0.717) is 5.41 Å². The number of hydrogen-bond acceptors (Lipinski definition) is 2. The third-order valence-electron chi connectivity index (χ3n) is 3.97. The molecule has 0 N–H and O–H groups in total. The lowest BCUT2D eigenvalue weighted by Gasteiger charge is -2.28. The first-order chi connectivity index (χ1) is 8.95. The molecule has 0 spiro atoms. The van der Waals surface area contributed by atoms with Gasteiger partial charge in [0.05, 0.1) is 0 Å². The molecule has 1 nitrogen and oxygen atoms in total. The van der Waals surface area contributed by atoms with Gasteiger partial charge in [0.15, 0.2) is 0 Å². The second-order valence-corrected chi connectivity index (χ2v) is 8.35. The van der Waals surface area contributed by atoms with Crippen LogP contribution in [0, 0.1) is 5.92 Å². The van der Waals surface area contributed by atoms with Crippen LogP contribution in [0.4, 0.5) is 0 Å². The van der Waals surface area contributed by atoms with Gasteiger partial charge in [0.1, 0.15) is 0 Å². The van der Waals surface area contributed by atoms with Crippen molar-refractivity contribution in [1.82, 2.24) is 4.90 Å². The smallest absolute Gasteiger partial charge is 0.0102 e. The van der Waals surface area contributed by atoms with Crippen molar-refractivity contribution < 1.29 is 0 Å². The predicted molar refractivity (Wildman–Crippen MR) is 86.2 cm³/mol. The lowest BCUT2D eigenvalue weighted by atomic mass is 9.95. The molecule has 19 heavy (non-hydrogen) atoms. The van der Waals surface area contributed by atoms with Gasteiger partial charge < -0.3 is 4.90 Å². The van der Waals surface area contributed by atoms with Gasteiger partial charge in [-0.3, -0.25) is 0 Å². The molecule has 0 amide bonds. The number of hydrogen-bond donors (Lipinski definition) is 0. The lowest BCUT2D eigenvalue weighted by molar-refractivity contribution is 0.200. The standard InChI is InChI=1S/C17H29NS/c1-14(13-18-10-6-5-7-11-18)12-15-8-9-16(19-15)17(2,3)4/h8-9,14H,5-7,10-13H2,1-4H3. The first-order valence-electron chi connectivity index (χ1n) is 7.77. The van der Waals surface area contributed by atoms with Gasteiger partial charge in [0.25, 0.3) is 0 Å². The Morgan fingerprint density at radius 2 is 1.84 bits per heavy atom. The second kappa shape index (κ2) is 6.41. The van der Waals surface area contributed by atoms with Crippen LogP contribution in [0.2, 0.25) is 0 Å². The van der Waals surface area contributed by atoms with E-state index in [1.807, 2.05) is 11.3 Å². The van der Waals surface area contributed by atoms with Crippen LogP contribution in [0.25, 0.3) is 0 Å². The van der Waals surface area contributed by atoms with E-state index in [-0.39, 0.29) is 0 Å². The van der Waals surface area contributed by atoms with Crippen LogP contribution in [0.5, 0.6) is 0 Å². The summed E-state index contributed by atoms with van der Waals surface area (Å²) in [4.78, 5) is 5.74. The van der Waals surface area contributed by atoms with Crippen LogP contribution >= 0.6 is 11.3 Å². The average Bonchev–Trinajstić information content (AvgIpc) is 2.78. The molecule has 0 saturated carbocycles. The predicted octanol–water partition coefficient (Wildman–Crippen LogP) is 4.71. The van der Waals surface area contributed by atoms with E-state index >= 15 is 0 Å². The number of piperidine rings is 1. The molecule has 2 heterocycles. The third-order valence-corrected chi connectivity index (χ3v) is 5.50. The van der Waals surface area contributed by atoms with Gasteiger partial charge in [-0.1, -0.05) is 34.1 Å². The lowest BCUT2D eigenvalue weighted by Crippen LogP contribution is -2.33. The minimum atomic E-state index is 0.305. The molecule has 0 bridgehead atoms. The summed E-state index contributed by atoms with van der Waals surface area (Å²) in [6.07, 6.45) is 5.49. The highest BCUT2D eigenvalue weighted by atomic mass is 32.1. The fourth-order valence-electron chi connectivity index (χ4n) is 2.88. The molecule has 1 saturated heterocycles. The first-order valence-corrected chi connectivity index (χ1v) is 8.58. The Balaban J connectivity index is 1.84. The maximum atomic E-state index is 2.66. The van der Waals surface area contributed by atoms with E-state index in [0.717, 1.165) is 5.92 Å². The van der Waals surface area contributed by atoms with Gasteiger partial charge in [0, 0.05) is 16.3 Å². The molecule has 1 aliphatic heterocycles. The van der Waals surface area contributed by atoms with Gasteiger partial charge in [-0.25, -0.2) is 0 Å². The summed E-state index contributed by atoms with van der Waals surface area (Å²) in [6, 6.07) is 4.67. The van der Waals surface area contributed by atoms with Crippen molar-refractivity contribution in [2.24, 2.45) is 5.92 Å². The zero-order chi connectivity index (χ0) is 13.9. The third kappa shape index (κ3) is 4.61. The fourth-order valence-corrected chi connectivity index (χ4v) is 4.11. The molecule has 1 unspecified atom stereocenters. The summed E-state index contributed by atoms with van der Waals surface area (Å²) in [5, 5.41) is 0. The molecule has 0 aliphatic carbocycles. The summed E-state index contributed by atoms with van der Waals surface area (Å²) < 4.78 is 0. The molecule has 1 fully saturated rings. The van der Waals surface area contributed by atoms with E-state index in [1.165, 1.54) is 50.2 Å². The topological polar surface area (TPSA) is 3.24 Å². The molecule has 2 rings (SSSR count). The van der Waals surface area contributed by atoms with E-state index in [9.17, 15) is 0 Å².